The molecular formula is C23H28N6O2S2. The molecule has 3 aromatic heterocycles. The van der Waals surface area contributed by atoms with Gasteiger partial charge in [-0.2, -0.15) is 4.31 Å². The first kappa shape index (κ1) is 22.4. The molecule has 0 saturated carbocycles. The van der Waals surface area contributed by atoms with Crippen molar-refractivity contribution in [1.82, 2.24) is 28.2 Å². The number of fused-ring (bicyclic) bond motifs is 2. The predicted octanol–water partition coefficient (Wildman–Crippen LogP) is 4.18. The third kappa shape index (κ3) is 4.15. The first-order valence-electron chi connectivity index (χ1n) is 11.3. The minimum Gasteiger partial charge on any atom is -0.319 e. The first-order valence-corrected chi connectivity index (χ1v) is 13.7. The second-order valence-electron chi connectivity index (χ2n) is 8.48. The van der Waals surface area contributed by atoms with Crippen LogP contribution in [0.15, 0.2) is 40.5 Å². The summed E-state index contributed by atoms with van der Waals surface area (Å²) >= 11 is 1.61. The Bertz CT molecular complexity index is 1430. The maximum atomic E-state index is 13.1. The summed E-state index contributed by atoms with van der Waals surface area (Å²) in [5.41, 5.74) is 4.64. The third-order valence-corrected chi connectivity index (χ3v) is 9.02. The molecule has 1 aliphatic heterocycles. The molecule has 1 aliphatic rings. The van der Waals surface area contributed by atoms with Crippen LogP contribution in [0, 0.1) is 13.8 Å². The molecular weight excluding hydrogens is 456 g/mol. The largest absolute Gasteiger partial charge is 0.319 e. The van der Waals surface area contributed by atoms with Crippen molar-refractivity contribution in [1.29, 1.82) is 0 Å². The molecule has 1 aromatic carbocycles. The Kier molecular flexibility index (Phi) is 5.92. The van der Waals surface area contributed by atoms with Crippen molar-refractivity contribution in [2.75, 3.05) is 13.1 Å². The number of hydrogen-bond donors (Lipinski definition) is 0. The van der Waals surface area contributed by atoms with Crippen LogP contribution >= 0.6 is 11.8 Å². The van der Waals surface area contributed by atoms with E-state index in [9.17, 15) is 8.42 Å². The van der Waals surface area contributed by atoms with E-state index in [-0.39, 0.29) is 0 Å². The minimum absolute atomic E-state index is 0.325. The van der Waals surface area contributed by atoms with Gasteiger partial charge in [0.15, 0.2) is 5.16 Å². The average molecular weight is 485 g/mol. The molecule has 0 atom stereocenters. The van der Waals surface area contributed by atoms with Gasteiger partial charge in [-0.15, -0.1) is 0 Å². The third-order valence-electron chi connectivity index (χ3n) is 6.11. The predicted molar refractivity (Wildman–Crippen MR) is 130 cm³/mol. The van der Waals surface area contributed by atoms with E-state index in [1.165, 1.54) is 0 Å². The molecule has 33 heavy (non-hydrogen) atoms. The van der Waals surface area contributed by atoms with Gasteiger partial charge in [-0.1, -0.05) is 18.2 Å². The van der Waals surface area contributed by atoms with Crippen LogP contribution in [0.25, 0.3) is 16.8 Å². The fourth-order valence-corrected chi connectivity index (χ4v) is 6.94. The van der Waals surface area contributed by atoms with E-state index in [4.69, 9.17) is 4.98 Å². The molecule has 0 spiro atoms. The van der Waals surface area contributed by atoms with Crippen LogP contribution < -0.4 is 0 Å². The van der Waals surface area contributed by atoms with E-state index in [1.807, 2.05) is 36.6 Å². The molecule has 4 heterocycles. The van der Waals surface area contributed by atoms with Crippen molar-refractivity contribution in [2.45, 2.75) is 62.4 Å². The van der Waals surface area contributed by atoms with Crippen molar-refractivity contribution in [3.63, 3.8) is 0 Å². The first-order chi connectivity index (χ1) is 15.9. The van der Waals surface area contributed by atoms with Crippen LogP contribution in [-0.2, 0) is 22.3 Å². The Morgan fingerprint density at radius 2 is 1.82 bits per heavy atom. The smallest absolute Gasteiger partial charge is 0.243 e. The highest BCUT2D eigenvalue weighted by Gasteiger charge is 2.26. The van der Waals surface area contributed by atoms with Crippen LogP contribution in [0.4, 0.5) is 0 Å². The van der Waals surface area contributed by atoms with Gasteiger partial charge in [-0.25, -0.2) is 23.4 Å². The number of hydrogen-bond acceptors (Lipinski definition) is 6. The summed E-state index contributed by atoms with van der Waals surface area (Å²) in [5, 5.41) is 0.859. The zero-order valence-electron chi connectivity index (χ0n) is 19.2. The average Bonchev–Trinajstić information content (AvgIpc) is 3.38. The number of piperidine rings is 1. The Morgan fingerprint density at radius 1 is 1.03 bits per heavy atom. The highest BCUT2D eigenvalue weighted by Crippen LogP contribution is 2.29. The molecule has 1 fully saturated rings. The van der Waals surface area contributed by atoms with Gasteiger partial charge < -0.3 is 4.57 Å². The van der Waals surface area contributed by atoms with E-state index in [2.05, 4.69) is 21.5 Å². The lowest BCUT2D eigenvalue weighted by atomic mass is 10.2. The van der Waals surface area contributed by atoms with Gasteiger partial charge in [0.2, 0.25) is 15.8 Å². The maximum absolute atomic E-state index is 13.1. The molecule has 0 bridgehead atoms. The summed E-state index contributed by atoms with van der Waals surface area (Å²) < 4.78 is 31.9. The topological polar surface area (TPSA) is 85.4 Å². The lowest BCUT2D eigenvalue weighted by Gasteiger charge is -2.25. The highest BCUT2D eigenvalue weighted by molar-refractivity contribution is 7.98. The van der Waals surface area contributed by atoms with Gasteiger partial charge in [0.25, 0.3) is 0 Å². The number of sulfonamides is 1. The molecule has 0 unspecified atom stereocenters. The van der Waals surface area contributed by atoms with Crippen LogP contribution in [0.2, 0.25) is 0 Å². The zero-order chi connectivity index (χ0) is 23.2. The van der Waals surface area contributed by atoms with Gasteiger partial charge in [0.1, 0.15) is 0 Å². The molecule has 10 heteroatoms. The van der Waals surface area contributed by atoms with Gasteiger partial charge in [-0.3, -0.25) is 4.40 Å². The zero-order valence-corrected chi connectivity index (χ0v) is 20.8. The number of nitrogens with zero attached hydrogens (tertiary/aromatic N) is 6. The van der Waals surface area contributed by atoms with Crippen LogP contribution in [-0.4, -0.2) is 49.7 Å². The molecule has 0 amide bonds. The number of aryl methyl sites for hydroxylation is 3. The Balaban J connectivity index is 1.43. The normalized spacial score (nSPS) is 15.6. The summed E-state index contributed by atoms with van der Waals surface area (Å²) in [5.74, 6) is 1.36. The van der Waals surface area contributed by atoms with Crippen molar-refractivity contribution in [3.8, 4) is 0 Å². The maximum Gasteiger partial charge on any atom is 0.243 e. The number of imidazole rings is 2. The van der Waals surface area contributed by atoms with Gasteiger partial charge in [-0.05, 0) is 57.9 Å². The monoisotopic (exact) mass is 484 g/mol. The number of rotatable bonds is 6. The minimum atomic E-state index is -3.48. The molecule has 0 radical (unpaired) electrons. The number of aromatic nitrogens is 5. The summed E-state index contributed by atoms with van der Waals surface area (Å²) in [6.07, 6.45) is 4.95. The quantitative estimate of drug-likeness (QED) is 0.382. The van der Waals surface area contributed by atoms with Crippen LogP contribution in [0.5, 0.6) is 0 Å². The van der Waals surface area contributed by atoms with Crippen molar-refractivity contribution in [2.24, 2.45) is 0 Å². The second-order valence-corrected chi connectivity index (χ2v) is 11.4. The molecule has 174 valence electrons. The van der Waals surface area contributed by atoms with Gasteiger partial charge >= 0.3 is 0 Å². The fraction of sp³-hybridized carbons (Fsp3) is 0.435. The number of thioether (sulfide) groups is 1. The summed E-state index contributed by atoms with van der Waals surface area (Å²) in [6.45, 7) is 8.04. The SMILES string of the molecule is CCn1c(SCc2cn3c(C)cc(C)nc3n2)nc2cc(S(=O)(=O)N3CCCCC3)ccc21. The van der Waals surface area contributed by atoms with E-state index < -0.39 is 10.0 Å². The Labute approximate surface area is 198 Å². The van der Waals surface area contributed by atoms with E-state index in [1.54, 1.807) is 28.2 Å². The van der Waals surface area contributed by atoms with Gasteiger partial charge in [0, 0.05) is 43.0 Å². The Morgan fingerprint density at radius 3 is 2.58 bits per heavy atom. The molecule has 0 aliphatic carbocycles. The van der Waals surface area contributed by atoms with Crippen LogP contribution in [0.1, 0.15) is 43.3 Å². The van der Waals surface area contributed by atoms with E-state index >= 15 is 0 Å². The molecule has 4 aromatic rings. The highest BCUT2D eigenvalue weighted by atomic mass is 32.2. The fourth-order valence-electron chi connectivity index (χ4n) is 4.44. The molecule has 0 N–H and O–H groups in total. The van der Waals surface area contributed by atoms with Gasteiger partial charge in [0.05, 0.1) is 21.6 Å². The van der Waals surface area contributed by atoms with E-state index in [0.717, 1.165) is 53.6 Å². The summed E-state index contributed by atoms with van der Waals surface area (Å²) in [6, 6.07) is 7.36. The molecule has 1 saturated heterocycles. The van der Waals surface area contributed by atoms with Crippen molar-refractivity contribution < 1.29 is 8.42 Å². The Hall–Kier alpha value is -2.43. The summed E-state index contributed by atoms with van der Waals surface area (Å²) in [7, 11) is -3.48. The van der Waals surface area contributed by atoms with Crippen molar-refractivity contribution >= 4 is 38.6 Å². The lowest BCUT2D eigenvalue weighted by molar-refractivity contribution is 0.346. The van der Waals surface area contributed by atoms with Crippen molar-refractivity contribution in [3.05, 3.63) is 47.5 Å². The number of benzene rings is 1. The lowest BCUT2D eigenvalue weighted by Crippen LogP contribution is -2.35. The molecule has 8 nitrogen and oxygen atoms in total. The molecule has 5 rings (SSSR count). The standard InChI is InChI=1S/C23H28N6O2S2/c1-4-28-21-9-8-19(33(30,31)27-10-6-5-7-11-27)13-20(21)26-23(28)32-15-18-14-29-17(3)12-16(2)24-22(29)25-18/h8-9,12-14H,4-7,10-11,15H2,1-3H3. The van der Waals surface area contributed by atoms with Crippen LogP contribution in [0.3, 0.4) is 0 Å². The summed E-state index contributed by atoms with van der Waals surface area (Å²) in [4.78, 5) is 14.3. The second kappa shape index (κ2) is 8.73. The van der Waals surface area contributed by atoms with E-state index in [0.29, 0.717) is 35.0 Å².